The van der Waals surface area contributed by atoms with Crippen LogP contribution in [0.4, 0.5) is 4.39 Å². The van der Waals surface area contributed by atoms with Gasteiger partial charge < -0.3 is 10.3 Å². The van der Waals surface area contributed by atoms with Crippen molar-refractivity contribution in [2.75, 3.05) is 6.54 Å². The summed E-state index contributed by atoms with van der Waals surface area (Å²) < 4.78 is 16.0. The number of imidazole rings is 1. The van der Waals surface area contributed by atoms with Crippen LogP contribution in [0.1, 0.15) is 12.5 Å². The van der Waals surface area contributed by atoms with Crippen LogP contribution >= 0.6 is 0 Å². The number of rotatable bonds is 6. The first-order valence-electron chi connectivity index (χ1n) is 11.3. The normalized spacial score (nSPS) is 11.5. The maximum absolute atomic E-state index is 16.0. The Kier molecular flexibility index (Phi) is 5.23. The van der Waals surface area contributed by atoms with Crippen LogP contribution in [0.3, 0.4) is 0 Å². The predicted octanol–water partition coefficient (Wildman–Crippen LogP) is 4.87. The zero-order valence-electron chi connectivity index (χ0n) is 18.9. The van der Waals surface area contributed by atoms with Gasteiger partial charge in [0.1, 0.15) is 11.5 Å². The van der Waals surface area contributed by atoms with Gasteiger partial charge in [0.2, 0.25) is 0 Å². The van der Waals surface area contributed by atoms with E-state index in [1.807, 2.05) is 37.3 Å². The third-order valence-corrected chi connectivity index (χ3v) is 5.96. The molecule has 6 aromatic rings. The van der Waals surface area contributed by atoms with Gasteiger partial charge in [-0.1, -0.05) is 6.92 Å². The van der Waals surface area contributed by atoms with E-state index in [-0.39, 0.29) is 5.82 Å². The van der Waals surface area contributed by atoms with Crippen molar-refractivity contribution in [2.45, 2.75) is 13.5 Å². The smallest absolute Gasteiger partial charge is 0.178 e. The molecule has 0 amide bonds. The summed E-state index contributed by atoms with van der Waals surface area (Å²) in [6.45, 7) is 3.56. The summed E-state index contributed by atoms with van der Waals surface area (Å²) >= 11 is 0. The Bertz CT molecular complexity index is 1660. The summed E-state index contributed by atoms with van der Waals surface area (Å²) in [6.07, 6.45) is 8.63. The van der Waals surface area contributed by atoms with Gasteiger partial charge in [0.05, 0.1) is 16.4 Å². The van der Waals surface area contributed by atoms with Gasteiger partial charge in [0.15, 0.2) is 11.5 Å². The Morgan fingerprint density at radius 2 is 1.83 bits per heavy atom. The molecule has 172 valence electrons. The van der Waals surface area contributed by atoms with E-state index in [0.29, 0.717) is 45.7 Å². The molecule has 0 aliphatic heterocycles. The molecule has 0 bridgehead atoms. The van der Waals surface area contributed by atoms with Crippen molar-refractivity contribution in [3.05, 3.63) is 78.8 Å². The highest BCUT2D eigenvalue weighted by Gasteiger charge is 2.20. The summed E-state index contributed by atoms with van der Waals surface area (Å²) in [4.78, 5) is 20.7. The van der Waals surface area contributed by atoms with E-state index in [1.54, 1.807) is 37.1 Å². The van der Waals surface area contributed by atoms with Gasteiger partial charge in [0, 0.05) is 54.2 Å². The van der Waals surface area contributed by atoms with Gasteiger partial charge in [-0.15, -0.1) is 0 Å². The molecule has 0 saturated carbocycles. The fourth-order valence-electron chi connectivity index (χ4n) is 4.26. The minimum absolute atomic E-state index is 0.365. The molecule has 0 unspecified atom stereocenters. The highest BCUT2D eigenvalue weighted by Crippen LogP contribution is 2.35. The minimum atomic E-state index is -0.378. The number of hydrogen-bond acceptors (Lipinski definition) is 6. The molecule has 0 spiro atoms. The summed E-state index contributed by atoms with van der Waals surface area (Å²) in [5.74, 6) is 0.0618. The molecule has 6 rings (SSSR count). The van der Waals surface area contributed by atoms with Gasteiger partial charge in [-0.25, -0.2) is 14.4 Å². The number of pyridine rings is 3. The number of benzene rings is 1. The molecule has 0 aliphatic carbocycles. The molecule has 0 fully saturated rings. The van der Waals surface area contributed by atoms with Crippen molar-refractivity contribution < 1.29 is 4.39 Å². The maximum atomic E-state index is 16.0. The van der Waals surface area contributed by atoms with E-state index in [1.165, 1.54) is 0 Å². The Morgan fingerprint density at radius 1 is 0.943 bits per heavy atom. The van der Waals surface area contributed by atoms with Crippen LogP contribution in [0.25, 0.3) is 55.8 Å². The van der Waals surface area contributed by atoms with Crippen molar-refractivity contribution in [1.82, 2.24) is 40.4 Å². The lowest BCUT2D eigenvalue weighted by Gasteiger charge is -2.07. The van der Waals surface area contributed by atoms with Crippen LogP contribution in [-0.2, 0) is 6.54 Å². The molecule has 3 N–H and O–H groups in total. The molecule has 35 heavy (non-hydrogen) atoms. The molecule has 1 aromatic carbocycles. The van der Waals surface area contributed by atoms with Crippen LogP contribution in [0.15, 0.2) is 67.4 Å². The molecular weight excluding hydrogens is 443 g/mol. The zero-order chi connectivity index (χ0) is 23.8. The number of aromatic nitrogens is 7. The third-order valence-electron chi connectivity index (χ3n) is 5.96. The number of H-pyrrole nitrogens is 2. The lowest BCUT2D eigenvalue weighted by Crippen LogP contribution is -2.11. The molecule has 0 saturated heterocycles. The Labute approximate surface area is 199 Å². The second-order valence-electron chi connectivity index (χ2n) is 8.16. The van der Waals surface area contributed by atoms with Gasteiger partial charge in [-0.05, 0) is 54.1 Å². The van der Waals surface area contributed by atoms with E-state index in [2.05, 4.69) is 40.4 Å². The number of halogens is 1. The number of nitrogens with one attached hydrogen (secondary N) is 3. The summed E-state index contributed by atoms with van der Waals surface area (Å²) in [6, 6.07) is 11.3. The van der Waals surface area contributed by atoms with E-state index in [9.17, 15) is 0 Å². The SMILES string of the molecule is CCNCc1cncc(-c2ccc3[nH]nc(-c4nc5nccc(-c6ccncc6)c5[nH]4)c3c2F)c1. The van der Waals surface area contributed by atoms with Crippen molar-refractivity contribution in [3.63, 3.8) is 0 Å². The van der Waals surface area contributed by atoms with Crippen molar-refractivity contribution in [1.29, 1.82) is 0 Å². The fraction of sp³-hybridized carbons (Fsp3) is 0.115. The Morgan fingerprint density at radius 3 is 2.69 bits per heavy atom. The van der Waals surface area contributed by atoms with Crippen LogP contribution in [0.5, 0.6) is 0 Å². The highest BCUT2D eigenvalue weighted by molar-refractivity contribution is 5.97. The van der Waals surface area contributed by atoms with Gasteiger partial charge in [-0.3, -0.25) is 15.1 Å². The average Bonchev–Trinajstić information content (AvgIpc) is 3.53. The largest absolute Gasteiger partial charge is 0.335 e. The molecule has 0 aliphatic rings. The Balaban J connectivity index is 1.48. The molecule has 5 aromatic heterocycles. The monoisotopic (exact) mass is 464 g/mol. The minimum Gasteiger partial charge on any atom is -0.335 e. The van der Waals surface area contributed by atoms with E-state index >= 15 is 4.39 Å². The van der Waals surface area contributed by atoms with Crippen molar-refractivity contribution in [3.8, 4) is 33.8 Å². The first-order chi connectivity index (χ1) is 17.2. The predicted molar refractivity (Wildman–Crippen MR) is 133 cm³/mol. The maximum Gasteiger partial charge on any atom is 0.178 e. The molecule has 5 heterocycles. The molecular formula is C26H21FN8. The van der Waals surface area contributed by atoms with E-state index < -0.39 is 0 Å². The molecule has 0 radical (unpaired) electrons. The van der Waals surface area contributed by atoms with Crippen LogP contribution < -0.4 is 5.32 Å². The lowest BCUT2D eigenvalue weighted by atomic mass is 10.0. The first-order valence-corrected chi connectivity index (χ1v) is 11.3. The van der Waals surface area contributed by atoms with Gasteiger partial charge in [0.25, 0.3) is 0 Å². The van der Waals surface area contributed by atoms with E-state index in [4.69, 9.17) is 0 Å². The average molecular weight is 465 g/mol. The van der Waals surface area contributed by atoms with Gasteiger partial charge in [-0.2, -0.15) is 5.10 Å². The third kappa shape index (κ3) is 3.71. The van der Waals surface area contributed by atoms with Crippen LogP contribution in [0, 0.1) is 5.82 Å². The molecule has 9 heteroatoms. The summed E-state index contributed by atoms with van der Waals surface area (Å²) in [7, 11) is 0. The quantitative estimate of drug-likeness (QED) is 0.324. The topological polar surface area (TPSA) is 108 Å². The van der Waals surface area contributed by atoms with Crippen molar-refractivity contribution in [2.24, 2.45) is 0 Å². The zero-order valence-corrected chi connectivity index (χ0v) is 18.9. The fourth-order valence-corrected chi connectivity index (χ4v) is 4.26. The van der Waals surface area contributed by atoms with Gasteiger partial charge >= 0.3 is 0 Å². The first kappa shape index (κ1) is 21.1. The number of aromatic amines is 2. The van der Waals surface area contributed by atoms with Crippen molar-refractivity contribution >= 4 is 22.1 Å². The second kappa shape index (κ2) is 8.69. The number of nitrogens with zero attached hydrogens (tertiary/aromatic N) is 5. The number of hydrogen-bond donors (Lipinski definition) is 3. The molecule has 8 nitrogen and oxygen atoms in total. The molecule has 0 atom stereocenters. The second-order valence-corrected chi connectivity index (χ2v) is 8.16. The van der Waals surface area contributed by atoms with E-state index in [0.717, 1.165) is 28.8 Å². The number of fused-ring (bicyclic) bond motifs is 2. The summed E-state index contributed by atoms with van der Waals surface area (Å²) in [5, 5.41) is 11.0. The van der Waals surface area contributed by atoms with Crippen LogP contribution in [-0.4, -0.2) is 41.7 Å². The van der Waals surface area contributed by atoms with Crippen LogP contribution in [0.2, 0.25) is 0 Å². The Hall–Kier alpha value is -4.50. The summed E-state index contributed by atoms with van der Waals surface area (Å²) in [5.41, 5.74) is 6.33. The highest BCUT2D eigenvalue weighted by atomic mass is 19.1. The standard InChI is InChI=1S/C26H21FN8/c1-2-28-12-15-11-17(14-30-13-15)18-3-4-20-21(22(18)27)24(35-34-20)26-32-23-19(7-10-31-25(23)33-26)16-5-8-29-9-6-16/h3-11,13-14,28H,2,12H2,1H3,(H,34,35)(H,31,32,33). The lowest BCUT2D eigenvalue weighted by molar-refractivity contribution is 0.643.